The lowest BCUT2D eigenvalue weighted by Crippen LogP contribution is -2.13. The van der Waals surface area contributed by atoms with Gasteiger partial charge in [0.2, 0.25) is 0 Å². The van der Waals surface area contributed by atoms with Gasteiger partial charge in [-0.25, -0.2) is 12.8 Å². The van der Waals surface area contributed by atoms with Gasteiger partial charge in [-0.3, -0.25) is 4.72 Å². The van der Waals surface area contributed by atoms with Crippen LogP contribution >= 0.6 is 22.9 Å². The molecule has 8 heteroatoms. The molecule has 0 bridgehead atoms. The Labute approximate surface area is 118 Å². The number of nitrogens with zero attached hydrogens (tertiary/aromatic N) is 1. The highest BCUT2D eigenvalue weighted by molar-refractivity contribution is 7.94. The average molecular weight is 317 g/mol. The van der Waals surface area contributed by atoms with E-state index in [0.29, 0.717) is 0 Å². The predicted octanol–water partition coefficient (Wildman–Crippen LogP) is 3.21. The minimum absolute atomic E-state index is 0.0411. The van der Waals surface area contributed by atoms with Crippen LogP contribution in [0.2, 0.25) is 5.02 Å². The summed E-state index contributed by atoms with van der Waals surface area (Å²) in [5, 5.41) is 8.62. The van der Waals surface area contributed by atoms with E-state index in [2.05, 4.69) is 4.72 Å². The molecule has 0 amide bonds. The molecule has 0 atom stereocenters. The first-order chi connectivity index (χ1) is 8.94. The van der Waals surface area contributed by atoms with Crippen molar-refractivity contribution in [1.29, 1.82) is 5.26 Å². The van der Waals surface area contributed by atoms with Crippen LogP contribution in [0.4, 0.5) is 10.1 Å². The van der Waals surface area contributed by atoms with Crippen LogP contribution in [0.3, 0.4) is 0 Å². The molecule has 2 rings (SSSR count). The minimum Gasteiger partial charge on any atom is -0.274 e. The van der Waals surface area contributed by atoms with E-state index in [-0.39, 0.29) is 19.8 Å². The van der Waals surface area contributed by atoms with Crippen LogP contribution < -0.4 is 4.72 Å². The summed E-state index contributed by atoms with van der Waals surface area (Å²) in [6, 6.07) is 8.33. The lowest BCUT2D eigenvalue weighted by Gasteiger charge is -2.08. The lowest BCUT2D eigenvalue weighted by atomic mass is 10.3. The fourth-order valence-electron chi connectivity index (χ4n) is 1.30. The smallest absolute Gasteiger partial charge is 0.271 e. The first kappa shape index (κ1) is 13.8. The van der Waals surface area contributed by atoms with Gasteiger partial charge in [0.05, 0.1) is 5.02 Å². The van der Waals surface area contributed by atoms with E-state index in [0.717, 1.165) is 17.4 Å². The third kappa shape index (κ3) is 2.87. The maximum Gasteiger partial charge on any atom is 0.271 e. The van der Waals surface area contributed by atoms with E-state index in [4.69, 9.17) is 16.9 Å². The molecule has 98 valence electrons. The molecule has 19 heavy (non-hydrogen) atoms. The van der Waals surface area contributed by atoms with E-state index in [1.807, 2.05) is 6.07 Å². The zero-order valence-corrected chi connectivity index (χ0v) is 11.6. The maximum absolute atomic E-state index is 13.5. The van der Waals surface area contributed by atoms with Gasteiger partial charge in [0.25, 0.3) is 10.0 Å². The molecule has 0 aliphatic rings. The Kier molecular flexibility index (Phi) is 3.75. The number of sulfonamides is 1. The predicted molar refractivity (Wildman–Crippen MR) is 71.3 cm³/mol. The fraction of sp³-hybridized carbons (Fsp3) is 0. The van der Waals surface area contributed by atoms with Crippen molar-refractivity contribution in [3.05, 3.63) is 46.0 Å². The molecule has 0 spiro atoms. The van der Waals surface area contributed by atoms with Crippen molar-refractivity contribution in [1.82, 2.24) is 0 Å². The van der Waals surface area contributed by atoms with Gasteiger partial charge < -0.3 is 0 Å². The number of para-hydroxylation sites is 1. The molecule has 1 aromatic heterocycles. The second-order valence-corrected chi connectivity index (χ2v) is 6.83. The van der Waals surface area contributed by atoms with Crippen LogP contribution in [0.5, 0.6) is 0 Å². The minimum atomic E-state index is -3.95. The molecule has 0 aliphatic heterocycles. The third-order valence-electron chi connectivity index (χ3n) is 2.16. The molecule has 0 saturated heterocycles. The van der Waals surface area contributed by atoms with E-state index in [9.17, 15) is 12.8 Å². The van der Waals surface area contributed by atoms with Crippen molar-refractivity contribution >= 4 is 38.6 Å². The first-order valence-electron chi connectivity index (χ1n) is 4.91. The van der Waals surface area contributed by atoms with Crippen LogP contribution in [0, 0.1) is 17.1 Å². The SMILES string of the molecule is N#Cc1ccc(S(=O)(=O)Nc2c(F)cccc2Cl)s1. The largest absolute Gasteiger partial charge is 0.274 e. The van der Waals surface area contributed by atoms with Crippen molar-refractivity contribution in [2.24, 2.45) is 0 Å². The van der Waals surface area contributed by atoms with Gasteiger partial charge in [0.15, 0.2) is 0 Å². The third-order valence-corrected chi connectivity index (χ3v) is 5.30. The van der Waals surface area contributed by atoms with Gasteiger partial charge in [-0.1, -0.05) is 17.7 Å². The fourth-order valence-corrected chi connectivity index (χ4v) is 3.76. The Hall–Kier alpha value is -1.62. The van der Waals surface area contributed by atoms with E-state index < -0.39 is 15.8 Å². The van der Waals surface area contributed by atoms with E-state index in [1.54, 1.807) is 0 Å². The van der Waals surface area contributed by atoms with Gasteiger partial charge in [-0.05, 0) is 24.3 Å². The molecule has 0 fully saturated rings. The number of nitriles is 1. The standard InChI is InChI=1S/C11H6ClFN2O2S2/c12-8-2-1-3-9(13)11(8)15-19(16,17)10-5-4-7(6-14)18-10/h1-5,15H. The van der Waals surface area contributed by atoms with Crippen molar-refractivity contribution in [3.63, 3.8) is 0 Å². The highest BCUT2D eigenvalue weighted by Crippen LogP contribution is 2.29. The molecular formula is C11H6ClFN2O2S2. The Morgan fingerprint density at radius 2 is 2.05 bits per heavy atom. The van der Waals surface area contributed by atoms with Crippen LogP contribution in [0.15, 0.2) is 34.5 Å². The molecule has 0 unspecified atom stereocenters. The monoisotopic (exact) mass is 316 g/mol. The zero-order valence-electron chi connectivity index (χ0n) is 9.22. The summed E-state index contributed by atoms with van der Waals surface area (Å²) < 4.78 is 39.5. The van der Waals surface area contributed by atoms with Crippen LogP contribution in [-0.2, 0) is 10.0 Å². The molecule has 1 aromatic carbocycles. The molecular weight excluding hydrogens is 311 g/mol. The normalized spacial score (nSPS) is 11.0. The highest BCUT2D eigenvalue weighted by Gasteiger charge is 2.20. The molecule has 0 saturated carbocycles. The lowest BCUT2D eigenvalue weighted by molar-refractivity contribution is 0.600. The summed E-state index contributed by atoms with van der Waals surface area (Å²) in [6.07, 6.45) is 0. The van der Waals surface area contributed by atoms with Gasteiger partial charge in [0.1, 0.15) is 26.7 Å². The average Bonchev–Trinajstić information content (AvgIpc) is 2.83. The molecule has 4 nitrogen and oxygen atoms in total. The van der Waals surface area contributed by atoms with Crippen molar-refractivity contribution in [2.45, 2.75) is 4.21 Å². The number of rotatable bonds is 3. The zero-order chi connectivity index (χ0) is 14.0. The Balaban J connectivity index is 2.40. The molecule has 0 aliphatic carbocycles. The summed E-state index contributed by atoms with van der Waals surface area (Å²) in [5.41, 5.74) is -0.309. The highest BCUT2D eigenvalue weighted by atomic mass is 35.5. The number of benzene rings is 1. The number of hydrogen-bond donors (Lipinski definition) is 1. The summed E-state index contributed by atoms with van der Waals surface area (Å²) in [6.45, 7) is 0. The van der Waals surface area contributed by atoms with Crippen molar-refractivity contribution < 1.29 is 12.8 Å². The number of nitrogens with one attached hydrogen (secondary N) is 1. The van der Waals surface area contributed by atoms with Gasteiger partial charge in [0, 0.05) is 0 Å². The second kappa shape index (κ2) is 5.17. The summed E-state index contributed by atoms with van der Waals surface area (Å²) >= 11 is 6.53. The van der Waals surface area contributed by atoms with Crippen LogP contribution in [0.1, 0.15) is 4.88 Å². The summed E-state index contributed by atoms with van der Waals surface area (Å²) in [4.78, 5) is 0.250. The Morgan fingerprint density at radius 1 is 1.32 bits per heavy atom. The molecule has 2 aromatic rings. The van der Waals surface area contributed by atoms with Gasteiger partial charge in [-0.2, -0.15) is 5.26 Å². The Morgan fingerprint density at radius 3 is 2.63 bits per heavy atom. The number of halogens is 2. The van der Waals surface area contributed by atoms with E-state index >= 15 is 0 Å². The summed E-state index contributed by atoms with van der Waals surface area (Å²) in [5.74, 6) is -0.770. The quantitative estimate of drug-likeness (QED) is 0.945. The molecule has 1 N–H and O–H groups in total. The van der Waals surface area contributed by atoms with Crippen molar-refractivity contribution in [3.8, 4) is 6.07 Å². The maximum atomic E-state index is 13.5. The van der Waals surface area contributed by atoms with E-state index in [1.165, 1.54) is 24.3 Å². The van der Waals surface area contributed by atoms with Gasteiger partial charge >= 0.3 is 0 Å². The molecule has 0 radical (unpaired) electrons. The molecule has 1 heterocycles. The topological polar surface area (TPSA) is 70.0 Å². The number of anilines is 1. The first-order valence-corrected chi connectivity index (χ1v) is 7.58. The number of hydrogen-bond acceptors (Lipinski definition) is 4. The second-order valence-electron chi connectivity index (χ2n) is 3.43. The van der Waals surface area contributed by atoms with Crippen molar-refractivity contribution in [2.75, 3.05) is 4.72 Å². The number of thiophene rings is 1. The summed E-state index contributed by atoms with van der Waals surface area (Å²) in [7, 11) is -3.95. The Bertz CT molecular complexity index is 745. The van der Waals surface area contributed by atoms with Crippen LogP contribution in [0.25, 0.3) is 0 Å². The van der Waals surface area contributed by atoms with Gasteiger partial charge in [-0.15, -0.1) is 11.3 Å². The van der Waals surface area contributed by atoms with Crippen LogP contribution in [-0.4, -0.2) is 8.42 Å².